The van der Waals surface area contributed by atoms with Crippen LogP contribution < -0.4 is 5.73 Å². The van der Waals surface area contributed by atoms with Crippen molar-refractivity contribution >= 4 is 5.91 Å². The smallest absolute Gasteiger partial charge is 0.222 e. The molecule has 0 bridgehead atoms. The zero-order chi connectivity index (χ0) is 14.2. The van der Waals surface area contributed by atoms with E-state index in [2.05, 4.69) is 12.1 Å². The minimum absolute atomic E-state index is 0.237. The molecule has 1 heterocycles. The molecule has 0 radical (unpaired) electrons. The van der Waals surface area contributed by atoms with Gasteiger partial charge in [-0.1, -0.05) is 30.3 Å². The molecule has 2 rings (SSSR count). The molecule has 0 spiro atoms. The first-order chi connectivity index (χ1) is 9.79. The maximum Gasteiger partial charge on any atom is 0.222 e. The molecule has 1 aliphatic rings. The van der Waals surface area contributed by atoms with Gasteiger partial charge in [-0.3, -0.25) is 4.79 Å². The third-order valence-electron chi connectivity index (χ3n) is 3.70. The Balaban J connectivity index is 1.65. The number of likely N-dealkylation sites (tertiary alicyclic amines) is 1. The lowest BCUT2D eigenvalue weighted by atomic mass is 10.1. The quantitative estimate of drug-likeness (QED) is 0.826. The molecule has 1 atom stereocenters. The van der Waals surface area contributed by atoms with Crippen LogP contribution in [0.1, 0.15) is 24.8 Å². The molecule has 1 saturated heterocycles. The summed E-state index contributed by atoms with van der Waals surface area (Å²) in [4.78, 5) is 13.8. The lowest BCUT2D eigenvalue weighted by Crippen LogP contribution is -2.29. The summed E-state index contributed by atoms with van der Waals surface area (Å²) in [7, 11) is 0. The van der Waals surface area contributed by atoms with E-state index in [9.17, 15) is 4.79 Å². The normalized spacial score (nSPS) is 18.4. The van der Waals surface area contributed by atoms with E-state index in [4.69, 9.17) is 10.5 Å². The van der Waals surface area contributed by atoms with Crippen molar-refractivity contribution in [3.05, 3.63) is 35.9 Å². The minimum atomic E-state index is 0.237. The Kier molecular flexibility index (Phi) is 6.02. The van der Waals surface area contributed by atoms with Gasteiger partial charge >= 0.3 is 0 Å². The van der Waals surface area contributed by atoms with Gasteiger partial charge in [0.25, 0.3) is 0 Å². The molecule has 4 nitrogen and oxygen atoms in total. The first-order valence-corrected chi connectivity index (χ1v) is 7.39. The molecule has 1 aliphatic heterocycles. The second kappa shape index (κ2) is 8.02. The highest BCUT2D eigenvalue weighted by atomic mass is 16.5. The molecule has 0 aromatic heterocycles. The maximum absolute atomic E-state index is 11.9. The topological polar surface area (TPSA) is 55.6 Å². The number of hydrogen-bond acceptors (Lipinski definition) is 3. The van der Waals surface area contributed by atoms with E-state index in [-0.39, 0.29) is 5.91 Å². The van der Waals surface area contributed by atoms with Gasteiger partial charge in [-0.15, -0.1) is 0 Å². The van der Waals surface area contributed by atoms with E-state index in [1.165, 1.54) is 5.56 Å². The Bertz CT molecular complexity index is 408. The fourth-order valence-corrected chi connectivity index (χ4v) is 2.52. The summed E-state index contributed by atoms with van der Waals surface area (Å²) in [5, 5.41) is 0. The van der Waals surface area contributed by atoms with E-state index in [1.807, 2.05) is 23.1 Å². The molecule has 0 saturated carbocycles. The first kappa shape index (κ1) is 15.0. The second-order valence-corrected chi connectivity index (χ2v) is 5.39. The van der Waals surface area contributed by atoms with Crippen molar-refractivity contribution < 1.29 is 9.53 Å². The van der Waals surface area contributed by atoms with Crippen LogP contribution in [0.3, 0.4) is 0 Å². The van der Waals surface area contributed by atoms with E-state index >= 15 is 0 Å². The van der Waals surface area contributed by atoms with Gasteiger partial charge in [-0.2, -0.15) is 0 Å². The van der Waals surface area contributed by atoms with Crippen LogP contribution in [0.25, 0.3) is 0 Å². The monoisotopic (exact) mass is 276 g/mol. The lowest BCUT2D eigenvalue weighted by Gasteiger charge is -2.16. The molecule has 4 heteroatoms. The van der Waals surface area contributed by atoms with Crippen molar-refractivity contribution in [1.29, 1.82) is 0 Å². The van der Waals surface area contributed by atoms with Crippen molar-refractivity contribution in [2.45, 2.75) is 25.9 Å². The van der Waals surface area contributed by atoms with Gasteiger partial charge in [-0.25, -0.2) is 0 Å². The Morgan fingerprint density at radius 3 is 2.90 bits per heavy atom. The minimum Gasteiger partial charge on any atom is -0.376 e. The molecule has 20 heavy (non-hydrogen) atoms. The highest BCUT2D eigenvalue weighted by Crippen LogP contribution is 2.18. The second-order valence-electron chi connectivity index (χ2n) is 5.39. The summed E-state index contributed by atoms with van der Waals surface area (Å²) >= 11 is 0. The summed E-state index contributed by atoms with van der Waals surface area (Å²) in [5.74, 6) is 0.710. The van der Waals surface area contributed by atoms with Gasteiger partial charge < -0.3 is 15.4 Å². The maximum atomic E-state index is 11.9. The van der Waals surface area contributed by atoms with Crippen LogP contribution in [0, 0.1) is 5.92 Å². The van der Waals surface area contributed by atoms with Crippen molar-refractivity contribution in [2.24, 2.45) is 11.7 Å². The van der Waals surface area contributed by atoms with Gasteiger partial charge in [0.15, 0.2) is 0 Å². The van der Waals surface area contributed by atoms with Gasteiger partial charge in [0.2, 0.25) is 5.91 Å². The van der Waals surface area contributed by atoms with E-state index in [1.54, 1.807) is 0 Å². The van der Waals surface area contributed by atoms with Gasteiger partial charge in [0.05, 0.1) is 13.2 Å². The van der Waals surface area contributed by atoms with E-state index in [0.717, 1.165) is 32.5 Å². The summed E-state index contributed by atoms with van der Waals surface area (Å²) in [6, 6.07) is 10.2. The fraction of sp³-hybridized carbons (Fsp3) is 0.562. The summed E-state index contributed by atoms with van der Waals surface area (Å²) in [6.45, 7) is 3.66. The number of hydrogen-bond donors (Lipinski definition) is 1. The molecule has 1 aromatic rings. The van der Waals surface area contributed by atoms with Crippen molar-refractivity contribution in [2.75, 3.05) is 26.2 Å². The van der Waals surface area contributed by atoms with Crippen LogP contribution >= 0.6 is 0 Å². The Morgan fingerprint density at radius 2 is 2.15 bits per heavy atom. The predicted molar refractivity (Wildman–Crippen MR) is 79.1 cm³/mol. The van der Waals surface area contributed by atoms with Crippen molar-refractivity contribution in [1.82, 2.24) is 4.90 Å². The van der Waals surface area contributed by atoms with Crippen LogP contribution in [0.4, 0.5) is 0 Å². The zero-order valence-electron chi connectivity index (χ0n) is 12.0. The number of ether oxygens (including phenoxy) is 1. The lowest BCUT2D eigenvalue weighted by molar-refractivity contribution is -0.130. The SMILES string of the molecule is NCCCC(=O)N1CCC(COCc2ccccc2)C1. The highest BCUT2D eigenvalue weighted by molar-refractivity contribution is 5.76. The van der Waals surface area contributed by atoms with E-state index < -0.39 is 0 Å². The Labute approximate surface area is 120 Å². The van der Waals surface area contributed by atoms with Crippen LogP contribution in [0.5, 0.6) is 0 Å². The number of benzene rings is 1. The fourth-order valence-electron chi connectivity index (χ4n) is 2.52. The molecule has 2 N–H and O–H groups in total. The molecule has 110 valence electrons. The molecule has 0 aliphatic carbocycles. The van der Waals surface area contributed by atoms with Crippen LogP contribution in [0.2, 0.25) is 0 Å². The third kappa shape index (κ3) is 4.62. The third-order valence-corrected chi connectivity index (χ3v) is 3.70. The summed E-state index contributed by atoms with van der Waals surface area (Å²) in [6.07, 6.45) is 2.40. The molecule has 1 unspecified atom stereocenters. The average Bonchev–Trinajstić information content (AvgIpc) is 2.95. The number of rotatable bonds is 7. The standard InChI is InChI=1S/C16H24N2O2/c17-9-4-7-16(19)18-10-8-15(11-18)13-20-12-14-5-2-1-3-6-14/h1-3,5-6,15H,4,7-13,17H2. The van der Waals surface area contributed by atoms with Gasteiger partial charge in [0, 0.05) is 25.4 Å². The molecule has 1 amide bonds. The summed E-state index contributed by atoms with van der Waals surface area (Å²) < 4.78 is 5.75. The zero-order valence-corrected chi connectivity index (χ0v) is 12.0. The largest absolute Gasteiger partial charge is 0.376 e. The number of amides is 1. The van der Waals surface area contributed by atoms with Crippen LogP contribution in [-0.4, -0.2) is 37.0 Å². The molecule has 1 fully saturated rings. The van der Waals surface area contributed by atoms with Gasteiger partial charge in [0.1, 0.15) is 0 Å². The van der Waals surface area contributed by atoms with Gasteiger partial charge in [-0.05, 0) is 24.9 Å². The predicted octanol–water partition coefficient (Wildman–Crippen LogP) is 1.79. The summed E-state index contributed by atoms with van der Waals surface area (Å²) in [5.41, 5.74) is 6.63. The molecule has 1 aromatic carbocycles. The Morgan fingerprint density at radius 1 is 1.35 bits per heavy atom. The molecular formula is C16H24N2O2. The van der Waals surface area contributed by atoms with Crippen LogP contribution in [-0.2, 0) is 16.1 Å². The highest BCUT2D eigenvalue weighted by Gasteiger charge is 2.25. The molecular weight excluding hydrogens is 252 g/mol. The number of carbonyl (C=O) groups is 1. The van der Waals surface area contributed by atoms with E-state index in [0.29, 0.717) is 25.5 Å². The number of carbonyl (C=O) groups excluding carboxylic acids is 1. The first-order valence-electron chi connectivity index (χ1n) is 7.39. The average molecular weight is 276 g/mol. The number of nitrogens with two attached hydrogens (primary N) is 1. The Hall–Kier alpha value is -1.39. The van der Waals surface area contributed by atoms with Crippen LogP contribution in [0.15, 0.2) is 30.3 Å². The number of nitrogens with zero attached hydrogens (tertiary/aromatic N) is 1. The van der Waals surface area contributed by atoms with Crippen molar-refractivity contribution in [3.8, 4) is 0 Å². The van der Waals surface area contributed by atoms with Crippen molar-refractivity contribution in [3.63, 3.8) is 0 Å².